The van der Waals surface area contributed by atoms with E-state index in [0.717, 1.165) is 18.4 Å². The maximum atomic E-state index is 6.67. The van der Waals surface area contributed by atoms with Crippen LogP contribution in [0.4, 0.5) is 0 Å². The van der Waals surface area contributed by atoms with Crippen molar-refractivity contribution in [2.45, 2.75) is 18.2 Å². The Bertz CT molecular complexity index is 599. The lowest BCUT2D eigenvalue weighted by Gasteiger charge is -2.18. The third kappa shape index (κ3) is 2.53. The van der Waals surface area contributed by atoms with Gasteiger partial charge in [-0.25, -0.2) is 0 Å². The summed E-state index contributed by atoms with van der Waals surface area (Å²) in [4.78, 5) is 0. The van der Waals surface area contributed by atoms with E-state index in [1.54, 1.807) is 7.11 Å². The van der Waals surface area contributed by atoms with Crippen molar-refractivity contribution in [1.82, 2.24) is 0 Å². The van der Waals surface area contributed by atoms with Crippen molar-refractivity contribution in [3.63, 3.8) is 0 Å². The molecule has 2 aromatic carbocycles. The van der Waals surface area contributed by atoms with Crippen molar-refractivity contribution >= 4 is 23.2 Å². The standard InChI is InChI=1S/C17H16Cl2O/c1-20-16-7-6-13(10-15(16)18)17(19)14-8-11-4-2-3-5-12(11)9-14/h2-7,10,14,17H,8-9H2,1H3. The summed E-state index contributed by atoms with van der Waals surface area (Å²) in [5.41, 5.74) is 3.90. The van der Waals surface area contributed by atoms with Gasteiger partial charge in [-0.1, -0.05) is 41.9 Å². The van der Waals surface area contributed by atoms with Gasteiger partial charge in [0, 0.05) is 0 Å². The summed E-state index contributed by atoms with van der Waals surface area (Å²) in [6, 6.07) is 14.4. The number of halogens is 2. The second kappa shape index (κ2) is 5.67. The largest absolute Gasteiger partial charge is 0.495 e. The smallest absolute Gasteiger partial charge is 0.137 e. The van der Waals surface area contributed by atoms with Gasteiger partial charge in [0.1, 0.15) is 5.75 Å². The molecule has 2 aromatic rings. The van der Waals surface area contributed by atoms with E-state index < -0.39 is 0 Å². The molecule has 0 amide bonds. The Kier molecular flexibility index (Phi) is 3.91. The van der Waals surface area contributed by atoms with Gasteiger partial charge in [-0.2, -0.15) is 0 Å². The Morgan fingerprint density at radius 3 is 2.30 bits per heavy atom. The number of methoxy groups -OCH3 is 1. The minimum absolute atomic E-state index is 0.0224. The highest BCUT2D eigenvalue weighted by Crippen LogP contribution is 2.40. The second-order valence-electron chi connectivity index (χ2n) is 5.23. The van der Waals surface area contributed by atoms with Crippen LogP contribution in [-0.4, -0.2) is 7.11 Å². The molecule has 3 heteroatoms. The molecule has 0 spiro atoms. The number of hydrogen-bond donors (Lipinski definition) is 0. The highest BCUT2D eigenvalue weighted by molar-refractivity contribution is 6.32. The summed E-state index contributed by atoms with van der Waals surface area (Å²) >= 11 is 12.9. The fourth-order valence-corrected chi connectivity index (χ4v) is 3.51. The molecular weight excluding hydrogens is 291 g/mol. The van der Waals surface area contributed by atoms with E-state index in [-0.39, 0.29) is 5.38 Å². The van der Waals surface area contributed by atoms with Crippen LogP contribution in [0.15, 0.2) is 42.5 Å². The van der Waals surface area contributed by atoms with E-state index in [2.05, 4.69) is 24.3 Å². The predicted octanol–water partition coefficient (Wildman–Crippen LogP) is 5.04. The molecule has 0 aliphatic heterocycles. The topological polar surface area (TPSA) is 9.23 Å². The molecule has 104 valence electrons. The zero-order valence-electron chi connectivity index (χ0n) is 11.3. The van der Waals surface area contributed by atoms with E-state index in [1.807, 2.05) is 18.2 Å². The van der Waals surface area contributed by atoms with Crippen LogP contribution in [-0.2, 0) is 12.8 Å². The Labute approximate surface area is 129 Å². The van der Waals surface area contributed by atoms with Crippen LogP contribution in [0.2, 0.25) is 5.02 Å². The van der Waals surface area contributed by atoms with Crippen molar-refractivity contribution in [3.8, 4) is 5.75 Å². The van der Waals surface area contributed by atoms with E-state index >= 15 is 0 Å². The fourth-order valence-electron chi connectivity index (χ4n) is 2.93. The Balaban J connectivity index is 1.81. The SMILES string of the molecule is COc1ccc(C(Cl)C2Cc3ccccc3C2)cc1Cl. The third-order valence-corrected chi connectivity index (χ3v) is 4.89. The van der Waals surface area contributed by atoms with Gasteiger partial charge in [0.15, 0.2) is 0 Å². The lowest BCUT2D eigenvalue weighted by Crippen LogP contribution is -2.08. The third-order valence-electron chi connectivity index (χ3n) is 3.99. The molecule has 1 atom stereocenters. The Hall–Kier alpha value is -1.18. The number of benzene rings is 2. The molecule has 0 saturated heterocycles. The highest BCUT2D eigenvalue weighted by Gasteiger charge is 2.28. The molecular formula is C17H16Cl2O. The zero-order chi connectivity index (χ0) is 14.1. The van der Waals surface area contributed by atoms with Gasteiger partial charge in [0.2, 0.25) is 0 Å². The molecule has 0 saturated carbocycles. The lowest BCUT2D eigenvalue weighted by molar-refractivity contribution is 0.414. The molecule has 1 aliphatic rings. The number of rotatable bonds is 3. The second-order valence-corrected chi connectivity index (χ2v) is 6.11. The molecule has 1 aliphatic carbocycles. The lowest BCUT2D eigenvalue weighted by atomic mass is 9.96. The van der Waals surface area contributed by atoms with Gasteiger partial charge in [-0.15, -0.1) is 11.6 Å². The average molecular weight is 307 g/mol. The molecule has 0 bridgehead atoms. The quantitative estimate of drug-likeness (QED) is 0.722. The van der Waals surface area contributed by atoms with Gasteiger partial charge >= 0.3 is 0 Å². The fraction of sp³-hybridized carbons (Fsp3) is 0.294. The first kappa shape index (κ1) is 13.8. The average Bonchev–Trinajstić information content (AvgIpc) is 2.90. The zero-order valence-corrected chi connectivity index (χ0v) is 12.8. The van der Waals surface area contributed by atoms with Crippen LogP contribution in [0.1, 0.15) is 22.1 Å². The molecule has 0 heterocycles. The van der Waals surface area contributed by atoms with E-state index in [9.17, 15) is 0 Å². The first-order valence-corrected chi connectivity index (χ1v) is 7.54. The van der Waals surface area contributed by atoms with Crippen molar-refractivity contribution in [3.05, 3.63) is 64.2 Å². The van der Waals surface area contributed by atoms with Crippen LogP contribution in [0, 0.1) is 5.92 Å². The maximum absolute atomic E-state index is 6.67. The maximum Gasteiger partial charge on any atom is 0.137 e. The summed E-state index contributed by atoms with van der Waals surface area (Å²) < 4.78 is 5.18. The normalized spacial score (nSPS) is 15.9. The molecule has 0 radical (unpaired) electrons. The summed E-state index contributed by atoms with van der Waals surface area (Å²) in [6.07, 6.45) is 2.07. The van der Waals surface area contributed by atoms with Crippen LogP contribution in [0.5, 0.6) is 5.75 Å². The number of fused-ring (bicyclic) bond motifs is 1. The van der Waals surface area contributed by atoms with Gasteiger partial charge < -0.3 is 4.74 Å². The molecule has 20 heavy (non-hydrogen) atoms. The first-order valence-electron chi connectivity index (χ1n) is 6.73. The van der Waals surface area contributed by atoms with Crippen molar-refractivity contribution in [2.75, 3.05) is 7.11 Å². The van der Waals surface area contributed by atoms with Crippen LogP contribution >= 0.6 is 23.2 Å². The molecule has 0 N–H and O–H groups in total. The summed E-state index contributed by atoms with van der Waals surface area (Å²) in [7, 11) is 1.62. The number of alkyl halides is 1. The van der Waals surface area contributed by atoms with Crippen molar-refractivity contribution in [1.29, 1.82) is 0 Å². The van der Waals surface area contributed by atoms with Crippen LogP contribution < -0.4 is 4.74 Å². The molecule has 3 rings (SSSR count). The van der Waals surface area contributed by atoms with Crippen molar-refractivity contribution in [2.24, 2.45) is 5.92 Å². The molecule has 0 aromatic heterocycles. The monoisotopic (exact) mass is 306 g/mol. The Morgan fingerprint density at radius 2 is 1.75 bits per heavy atom. The van der Waals surface area contributed by atoms with Gasteiger partial charge in [0.05, 0.1) is 17.5 Å². The number of ether oxygens (including phenoxy) is 1. The predicted molar refractivity (Wildman–Crippen MR) is 83.9 cm³/mol. The minimum Gasteiger partial charge on any atom is -0.495 e. The number of hydrogen-bond acceptors (Lipinski definition) is 1. The van der Waals surface area contributed by atoms with Crippen molar-refractivity contribution < 1.29 is 4.74 Å². The summed E-state index contributed by atoms with van der Waals surface area (Å²) in [5.74, 6) is 1.12. The van der Waals surface area contributed by atoms with Gasteiger partial charge in [-0.3, -0.25) is 0 Å². The summed E-state index contributed by atoms with van der Waals surface area (Å²) in [5, 5.41) is 0.594. The van der Waals surface area contributed by atoms with Crippen LogP contribution in [0.25, 0.3) is 0 Å². The van der Waals surface area contributed by atoms with Gasteiger partial charge in [-0.05, 0) is 47.6 Å². The molecule has 0 fully saturated rings. The minimum atomic E-state index is -0.0224. The molecule has 1 unspecified atom stereocenters. The van der Waals surface area contributed by atoms with E-state index in [1.165, 1.54) is 11.1 Å². The van der Waals surface area contributed by atoms with Gasteiger partial charge in [0.25, 0.3) is 0 Å². The van der Waals surface area contributed by atoms with E-state index in [0.29, 0.717) is 16.7 Å². The highest BCUT2D eigenvalue weighted by atomic mass is 35.5. The summed E-state index contributed by atoms with van der Waals surface area (Å²) in [6.45, 7) is 0. The van der Waals surface area contributed by atoms with Crippen LogP contribution in [0.3, 0.4) is 0 Å². The van der Waals surface area contributed by atoms with E-state index in [4.69, 9.17) is 27.9 Å². The first-order chi connectivity index (χ1) is 9.69. The Morgan fingerprint density at radius 1 is 1.10 bits per heavy atom. The molecule has 1 nitrogen and oxygen atoms in total.